The summed E-state index contributed by atoms with van der Waals surface area (Å²) in [7, 11) is 0. The van der Waals surface area contributed by atoms with Crippen molar-refractivity contribution >= 4 is 11.9 Å². The van der Waals surface area contributed by atoms with Crippen LogP contribution in [0.1, 0.15) is 55.6 Å². The highest BCUT2D eigenvalue weighted by Crippen LogP contribution is 2.20. The van der Waals surface area contributed by atoms with Crippen molar-refractivity contribution in [1.82, 2.24) is 5.48 Å². The Balaban J connectivity index is 1.88. The van der Waals surface area contributed by atoms with Crippen LogP contribution < -0.4 is 11.3 Å². The molecule has 32 heavy (non-hydrogen) atoms. The number of hydrogen-bond donors (Lipinski definition) is 2. The standard InChI is InChI=1S/C22H29NO9/c1-4-28-20(25)16-8-6-15(7-9-16)12-17(21(26)29-5-2)10-11-19(24)23-30-13-18-14(3)31-22(27)32-18/h6-9,17,20,25H,4-5,10-13H2,1-3H3,(H,23,24). The molecule has 10 nitrogen and oxygen atoms in total. The largest absolute Gasteiger partial charge is 0.519 e. The van der Waals surface area contributed by atoms with Crippen LogP contribution in [0.4, 0.5) is 0 Å². The maximum atomic E-state index is 12.4. The minimum atomic E-state index is -1.00. The molecular weight excluding hydrogens is 422 g/mol. The van der Waals surface area contributed by atoms with Crippen LogP contribution in [0.3, 0.4) is 0 Å². The molecule has 10 heteroatoms. The number of hydrogen-bond acceptors (Lipinski definition) is 9. The third-order valence-corrected chi connectivity index (χ3v) is 4.64. The first kappa shape index (κ1) is 25.3. The Hall–Kier alpha value is -2.95. The SMILES string of the molecule is CCOC(=O)C(CCC(=O)NOCc1oc(=O)oc1C)Cc1ccc(C(O)OCC)cc1. The van der Waals surface area contributed by atoms with Crippen LogP contribution in [0.15, 0.2) is 37.9 Å². The molecule has 0 aliphatic heterocycles. The first-order valence-corrected chi connectivity index (χ1v) is 10.4. The molecule has 1 aromatic heterocycles. The second-order valence-electron chi connectivity index (χ2n) is 6.99. The molecular formula is C22H29NO9. The minimum absolute atomic E-state index is 0.0267. The van der Waals surface area contributed by atoms with Gasteiger partial charge < -0.3 is 23.4 Å². The number of carbonyl (C=O) groups excluding carboxylic acids is 2. The summed E-state index contributed by atoms with van der Waals surface area (Å²) in [5.41, 5.74) is 3.73. The molecule has 176 valence electrons. The lowest BCUT2D eigenvalue weighted by molar-refractivity contribution is -0.148. The van der Waals surface area contributed by atoms with Crippen LogP contribution in [0.5, 0.6) is 0 Å². The van der Waals surface area contributed by atoms with E-state index in [1.807, 2.05) is 0 Å². The summed E-state index contributed by atoms with van der Waals surface area (Å²) in [6.07, 6.45) is -0.356. The topological polar surface area (TPSA) is 137 Å². The number of carbonyl (C=O) groups is 2. The van der Waals surface area contributed by atoms with Crippen LogP contribution in [0.2, 0.25) is 0 Å². The molecule has 2 N–H and O–H groups in total. The van der Waals surface area contributed by atoms with Crippen molar-refractivity contribution < 1.29 is 37.8 Å². The van der Waals surface area contributed by atoms with E-state index in [2.05, 4.69) is 5.48 Å². The third-order valence-electron chi connectivity index (χ3n) is 4.64. The molecule has 1 amide bonds. The van der Waals surface area contributed by atoms with Gasteiger partial charge in [0.15, 0.2) is 12.1 Å². The molecule has 0 fully saturated rings. The predicted octanol–water partition coefficient (Wildman–Crippen LogP) is 2.32. The van der Waals surface area contributed by atoms with Crippen LogP contribution in [0.25, 0.3) is 0 Å². The quantitative estimate of drug-likeness (QED) is 0.267. The summed E-state index contributed by atoms with van der Waals surface area (Å²) < 4.78 is 19.8. The van der Waals surface area contributed by atoms with Gasteiger partial charge in [0, 0.05) is 18.6 Å². The second kappa shape index (κ2) is 12.8. The van der Waals surface area contributed by atoms with Crippen LogP contribution in [-0.4, -0.2) is 30.2 Å². The van der Waals surface area contributed by atoms with E-state index in [9.17, 15) is 19.5 Å². The zero-order valence-electron chi connectivity index (χ0n) is 18.4. The van der Waals surface area contributed by atoms with Gasteiger partial charge in [-0.15, -0.1) is 0 Å². The summed E-state index contributed by atoms with van der Waals surface area (Å²) in [6.45, 7) is 5.51. The number of hydroxylamine groups is 1. The van der Waals surface area contributed by atoms with Gasteiger partial charge in [-0.25, -0.2) is 10.3 Å². The van der Waals surface area contributed by atoms with Gasteiger partial charge in [0.2, 0.25) is 5.91 Å². The number of ether oxygens (including phenoxy) is 2. The number of amides is 1. The predicted molar refractivity (Wildman–Crippen MR) is 111 cm³/mol. The van der Waals surface area contributed by atoms with E-state index in [0.717, 1.165) is 5.56 Å². The minimum Gasteiger partial charge on any atom is -0.466 e. The summed E-state index contributed by atoms with van der Waals surface area (Å²) in [5, 5.41) is 9.88. The first-order chi connectivity index (χ1) is 15.3. The van der Waals surface area contributed by atoms with Crippen LogP contribution >= 0.6 is 0 Å². The Bertz CT molecular complexity index is 916. The molecule has 1 heterocycles. The molecule has 0 aliphatic carbocycles. The highest BCUT2D eigenvalue weighted by molar-refractivity contribution is 5.77. The molecule has 2 aromatic rings. The molecule has 2 unspecified atom stereocenters. The Labute approximate surface area is 185 Å². The Morgan fingerprint density at radius 1 is 1.12 bits per heavy atom. The number of aliphatic hydroxyl groups is 1. The highest BCUT2D eigenvalue weighted by Gasteiger charge is 2.22. The van der Waals surface area contributed by atoms with Gasteiger partial charge in [0.05, 0.1) is 12.5 Å². The summed E-state index contributed by atoms with van der Waals surface area (Å²) in [6, 6.07) is 7.06. The summed E-state index contributed by atoms with van der Waals surface area (Å²) in [4.78, 5) is 40.5. The Kier molecular flexibility index (Phi) is 10.1. The fraction of sp³-hybridized carbons (Fsp3) is 0.500. The zero-order valence-corrected chi connectivity index (χ0v) is 18.4. The van der Waals surface area contributed by atoms with E-state index in [1.165, 1.54) is 0 Å². The van der Waals surface area contributed by atoms with Crippen molar-refractivity contribution in [2.75, 3.05) is 13.2 Å². The summed E-state index contributed by atoms with van der Waals surface area (Å²) in [5.74, 6) is -1.75. The molecule has 0 saturated carbocycles. The van der Waals surface area contributed by atoms with Crippen molar-refractivity contribution in [3.05, 3.63) is 57.5 Å². The Morgan fingerprint density at radius 2 is 1.84 bits per heavy atom. The normalized spacial score (nSPS) is 12.9. The van der Waals surface area contributed by atoms with Crippen molar-refractivity contribution in [2.45, 2.75) is 52.9 Å². The van der Waals surface area contributed by atoms with E-state index in [1.54, 1.807) is 45.0 Å². The number of rotatable bonds is 13. The maximum absolute atomic E-state index is 12.4. The fourth-order valence-electron chi connectivity index (χ4n) is 2.97. The molecule has 2 atom stereocenters. The molecule has 1 aromatic carbocycles. The van der Waals surface area contributed by atoms with E-state index in [4.69, 9.17) is 23.1 Å². The monoisotopic (exact) mass is 451 g/mol. The second-order valence-corrected chi connectivity index (χ2v) is 6.99. The molecule has 2 rings (SSSR count). The number of aliphatic hydroxyl groups excluding tert-OH is 1. The average molecular weight is 451 g/mol. The number of nitrogens with one attached hydrogen (secondary N) is 1. The maximum Gasteiger partial charge on any atom is 0.519 e. The van der Waals surface area contributed by atoms with Crippen LogP contribution in [-0.2, 0) is 36.9 Å². The molecule has 0 saturated heterocycles. The van der Waals surface area contributed by atoms with E-state index < -0.39 is 29.9 Å². The highest BCUT2D eigenvalue weighted by atomic mass is 16.7. The molecule has 0 aliphatic rings. The third kappa shape index (κ3) is 7.95. The molecule has 0 bridgehead atoms. The molecule has 0 radical (unpaired) electrons. The number of esters is 1. The average Bonchev–Trinajstić information content (AvgIpc) is 3.08. The van der Waals surface area contributed by atoms with Gasteiger partial charge in [0.1, 0.15) is 12.4 Å². The lowest BCUT2D eigenvalue weighted by Gasteiger charge is -2.16. The Morgan fingerprint density at radius 3 is 2.44 bits per heavy atom. The summed E-state index contributed by atoms with van der Waals surface area (Å²) >= 11 is 0. The van der Waals surface area contributed by atoms with E-state index in [0.29, 0.717) is 18.6 Å². The van der Waals surface area contributed by atoms with Crippen molar-refractivity contribution in [3.8, 4) is 0 Å². The van der Waals surface area contributed by atoms with Crippen molar-refractivity contribution in [3.63, 3.8) is 0 Å². The van der Waals surface area contributed by atoms with Gasteiger partial charge >= 0.3 is 11.8 Å². The van der Waals surface area contributed by atoms with E-state index >= 15 is 0 Å². The zero-order chi connectivity index (χ0) is 23.5. The van der Waals surface area contributed by atoms with Crippen molar-refractivity contribution in [2.24, 2.45) is 5.92 Å². The van der Waals surface area contributed by atoms with Gasteiger partial charge in [-0.05, 0) is 39.2 Å². The van der Waals surface area contributed by atoms with Crippen LogP contribution in [0, 0.1) is 12.8 Å². The van der Waals surface area contributed by atoms with Gasteiger partial charge in [0.25, 0.3) is 0 Å². The molecule has 0 spiro atoms. The first-order valence-electron chi connectivity index (χ1n) is 10.4. The number of aryl methyl sites for hydroxylation is 1. The van der Waals surface area contributed by atoms with Gasteiger partial charge in [-0.1, -0.05) is 24.3 Å². The van der Waals surface area contributed by atoms with Crippen molar-refractivity contribution in [1.29, 1.82) is 0 Å². The number of benzene rings is 1. The fourth-order valence-corrected chi connectivity index (χ4v) is 2.97. The lowest BCUT2D eigenvalue weighted by Crippen LogP contribution is -2.26. The van der Waals surface area contributed by atoms with Gasteiger partial charge in [-0.3, -0.25) is 14.4 Å². The van der Waals surface area contributed by atoms with Gasteiger partial charge in [-0.2, -0.15) is 0 Å². The van der Waals surface area contributed by atoms with E-state index in [-0.39, 0.29) is 37.6 Å². The lowest BCUT2D eigenvalue weighted by atomic mass is 9.94. The smallest absolute Gasteiger partial charge is 0.466 e.